The largest absolute Gasteiger partial charge is 0.453 e. The lowest BCUT2D eigenvalue weighted by Crippen LogP contribution is -2.17. The van der Waals surface area contributed by atoms with Crippen LogP contribution in [-0.4, -0.2) is 19.1 Å². The fraction of sp³-hybridized carbons (Fsp3) is 0.500. The van der Waals surface area contributed by atoms with Gasteiger partial charge in [0.05, 0.1) is 12.7 Å². The Morgan fingerprint density at radius 3 is 2.67 bits per heavy atom. The summed E-state index contributed by atoms with van der Waals surface area (Å²) in [4.78, 5) is 24.0. The molecule has 1 heterocycles. The molecule has 0 bridgehead atoms. The van der Waals surface area contributed by atoms with Crippen LogP contribution >= 0.6 is 11.3 Å². The Bertz CT molecular complexity index is 482. The first kappa shape index (κ1) is 12.9. The Hall–Kier alpha value is -1.56. The summed E-state index contributed by atoms with van der Waals surface area (Å²) in [5.41, 5.74) is 6.90. The van der Waals surface area contributed by atoms with E-state index in [4.69, 9.17) is 5.73 Å². The van der Waals surface area contributed by atoms with Gasteiger partial charge in [-0.25, -0.2) is 4.79 Å². The molecule has 0 aliphatic heterocycles. The minimum atomic E-state index is -0.575. The van der Waals surface area contributed by atoms with Gasteiger partial charge in [-0.1, -0.05) is 6.42 Å². The van der Waals surface area contributed by atoms with Gasteiger partial charge in [0.1, 0.15) is 5.00 Å². The zero-order valence-electron chi connectivity index (χ0n) is 10.2. The van der Waals surface area contributed by atoms with Crippen molar-refractivity contribution in [3.8, 4) is 0 Å². The summed E-state index contributed by atoms with van der Waals surface area (Å²) in [5.74, 6) is -0.485. The minimum Gasteiger partial charge on any atom is -0.453 e. The van der Waals surface area contributed by atoms with Crippen LogP contribution in [0.4, 0.5) is 9.80 Å². The molecule has 6 heteroatoms. The van der Waals surface area contributed by atoms with E-state index in [1.165, 1.54) is 24.9 Å². The van der Waals surface area contributed by atoms with Gasteiger partial charge in [-0.15, -0.1) is 11.3 Å². The molecule has 0 atom stereocenters. The number of hydrogen-bond acceptors (Lipinski definition) is 4. The second-order valence-corrected chi connectivity index (χ2v) is 5.35. The lowest BCUT2D eigenvalue weighted by atomic mass is 10.1. The third-order valence-corrected chi connectivity index (χ3v) is 4.28. The van der Waals surface area contributed by atoms with Crippen LogP contribution in [0.25, 0.3) is 0 Å². The van der Waals surface area contributed by atoms with Crippen LogP contribution in [0.15, 0.2) is 0 Å². The maximum Gasteiger partial charge on any atom is 0.411 e. The quantitative estimate of drug-likeness (QED) is 0.807. The number of rotatable bonds is 2. The number of nitrogens with two attached hydrogens (primary N) is 1. The number of aryl methyl sites for hydroxylation is 1. The zero-order valence-corrected chi connectivity index (χ0v) is 11.1. The van der Waals surface area contributed by atoms with Crippen molar-refractivity contribution in [2.45, 2.75) is 32.1 Å². The molecule has 0 unspecified atom stereocenters. The smallest absolute Gasteiger partial charge is 0.411 e. The number of ether oxygens (including phenoxy) is 1. The van der Waals surface area contributed by atoms with E-state index in [9.17, 15) is 9.59 Å². The lowest BCUT2D eigenvalue weighted by Gasteiger charge is -2.04. The van der Waals surface area contributed by atoms with Crippen molar-refractivity contribution in [2.24, 2.45) is 5.73 Å². The SMILES string of the molecule is COC(=O)Nc1sc2c(c1C(N)=O)CCCCC2. The normalized spacial score (nSPS) is 14.5. The first-order chi connectivity index (χ1) is 8.63. The number of anilines is 1. The average molecular weight is 268 g/mol. The van der Waals surface area contributed by atoms with Gasteiger partial charge in [-0.2, -0.15) is 0 Å². The molecule has 1 aliphatic rings. The summed E-state index contributed by atoms with van der Waals surface area (Å²) in [6.45, 7) is 0. The standard InChI is InChI=1S/C12H16N2O3S/c1-17-12(16)14-11-9(10(13)15)7-5-3-2-4-6-8(7)18-11/h2-6H2,1H3,(H2,13,15)(H,14,16). The summed E-state index contributed by atoms with van der Waals surface area (Å²) in [5, 5.41) is 3.09. The van der Waals surface area contributed by atoms with E-state index in [1.54, 1.807) is 0 Å². The van der Waals surface area contributed by atoms with Crippen LogP contribution in [0.1, 0.15) is 40.1 Å². The molecular formula is C12H16N2O3S. The van der Waals surface area contributed by atoms with Crippen molar-refractivity contribution in [3.63, 3.8) is 0 Å². The van der Waals surface area contributed by atoms with Gasteiger partial charge in [0.25, 0.3) is 5.91 Å². The molecule has 1 aliphatic carbocycles. The molecule has 0 fully saturated rings. The van der Waals surface area contributed by atoms with Gasteiger partial charge < -0.3 is 10.5 Å². The van der Waals surface area contributed by atoms with Crippen molar-refractivity contribution in [1.82, 2.24) is 0 Å². The van der Waals surface area contributed by atoms with Gasteiger partial charge in [0.2, 0.25) is 0 Å². The molecule has 1 aromatic heterocycles. The molecule has 3 N–H and O–H groups in total. The highest BCUT2D eigenvalue weighted by Gasteiger charge is 2.24. The van der Waals surface area contributed by atoms with Crippen LogP contribution in [0, 0.1) is 0 Å². The van der Waals surface area contributed by atoms with Gasteiger partial charge in [-0.05, 0) is 31.2 Å². The summed E-state index contributed by atoms with van der Waals surface area (Å²) in [6.07, 6.45) is 4.56. The van der Waals surface area contributed by atoms with E-state index in [2.05, 4.69) is 10.1 Å². The molecule has 98 valence electrons. The second-order valence-electron chi connectivity index (χ2n) is 4.25. The summed E-state index contributed by atoms with van der Waals surface area (Å²) in [6, 6.07) is 0. The Morgan fingerprint density at radius 2 is 2.00 bits per heavy atom. The molecule has 1 aromatic rings. The molecule has 0 aromatic carbocycles. The molecule has 0 radical (unpaired) electrons. The van der Waals surface area contributed by atoms with Crippen LogP contribution in [-0.2, 0) is 17.6 Å². The highest BCUT2D eigenvalue weighted by molar-refractivity contribution is 7.17. The fourth-order valence-corrected chi connectivity index (χ4v) is 3.52. The summed E-state index contributed by atoms with van der Waals surface area (Å²) >= 11 is 1.43. The topological polar surface area (TPSA) is 81.4 Å². The number of hydrogen-bond donors (Lipinski definition) is 2. The first-order valence-electron chi connectivity index (χ1n) is 5.92. The number of methoxy groups -OCH3 is 1. The molecular weight excluding hydrogens is 252 g/mol. The number of thiophene rings is 1. The van der Waals surface area contributed by atoms with Crippen molar-refractivity contribution in [2.75, 3.05) is 12.4 Å². The molecule has 0 saturated heterocycles. The number of carbonyl (C=O) groups is 2. The maximum atomic E-state index is 11.6. The van der Waals surface area contributed by atoms with E-state index in [0.29, 0.717) is 10.6 Å². The molecule has 2 amide bonds. The summed E-state index contributed by atoms with van der Waals surface area (Å²) in [7, 11) is 1.29. The molecule has 0 saturated carbocycles. The van der Waals surface area contributed by atoms with Crippen molar-refractivity contribution in [1.29, 1.82) is 0 Å². The minimum absolute atomic E-state index is 0.460. The molecule has 2 rings (SSSR count). The molecule has 5 nitrogen and oxygen atoms in total. The van der Waals surface area contributed by atoms with E-state index in [1.807, 2.05) is 0 Å². The number of fused-ring (bicyclic) bond motifs is 1. The van der Waals surface area contributed by atoms with Gasteiger partial charge >= 0.3 is 6.09 Å². The van der Waals surface area contributed by atoms with Crippen molar-refractivity contribution in [3.05, 3.63) is 16.0 Å². The van der Waals surface area contributed by atoms with Crippen molar-refractivity contribution >= 4 is 28.3 Å². The Balaban J connectivity index is 2.40. The third kappa shape index (κ3) is 2.48. The van der Waals surface area contributed by atoms with Gasteiger partial charge in [0.15, 0.2) is 0 Å². The van der Waals surface area contributed by atoms with Crippen molar-refractivity contribution < 1.29 is 14.3 Å². The van der Waals surface area contributed by atoms with Crippen LogP contribution in [0.3, 0.4) is 0 Å². The summed E-state index contributed by atoms with van der Waals surface area (Å²) < 4.78 is 4.55. The average Bonchev–Trinajstić information content (AvgIpc) is 2.51. The van der Waals surface area contributed by atoms with E-state index in [-0.39, 0.29) is 0 Å². The molecule has 18 heavy (non-hydrogen) atoms. The van der Waals surface area contributed by atoms with Gasteiger partial charge in [0, 0.05) is 4.88 Å². The lowest BCUT2D eigenvalue weighted by molar-refractivity contribution is 0.100. The van der Waals surface area contributed by atoms with E-state index < -0.39 is 12.0 Å². The highest BCUT2D eigenvalue weighted by Crippen LogP contribution is 2.37. The zero-order chi connectivity index (χ0) is 13.1. The molecule has 0 spiro atoms. The Kier molecular flexibility index (Phi) is 3.86. The third-order valence-electron chi connectivity index (χ3n) is 3.07. The van der Waals surface area contributed by atoms with Crippen LogP contribution in [0.5, 0.6) is 0 Å². The maximum absolute atomic E-state index is 11.6. The highest BCUT2D eigenvalue weighted by atomic mass is 32.1. The Labute approximate surface area is 109 Å². The van der Waals surface area contributed by atoms with Gasteiger partial charge in [-0.3, -0.25) is 10.1 Å². The predicted molar refractivity (Wildman–Crippen MR) is 70.1 cm³/mol. The fourth-order valence-electron chi connectivity index (χ4n) is 2.24. The number of nitrogens with one attached hydrogen (secondary N) is 1. The number of amides is 2. The number of carbonyl (C=O) groups excluding carboxylic acids is 2. The first-order valence-corrected chi connectivity index (χ1v) is 6.74. The van der Waals surface area contributed by atoms with Crippen LogP contribution < -0.4 is 11.1 Å². The number of primary amides is 1. The van der Waals surface area contributed by atoms with E-state index in [0.717, 1.165) is 36.1 Å². The Morgan fingerprint density at radius 1 is 1.28 bits per heavy atom. The van der Waals surface area contributed by atoms with Crippen LogP contribution in [0.2, 0.25) is 0 Å². The second kappa shape index (κ2) is 5.39. The van der Waals surface area contributed by atoms with E-state index >= 15 is 0 Å². The predicted octanol–water partition coefficient (Wildman–Crippen LogP) is 2.29. The monoisotopic (exact) mass is 268 g/mol.